The van der Waals surface area contributed by atoms with Crippen molar-refractivity contribution in [1.29, 1.82) is 0 Å². The SMILES string of the molecule is COc1cccc(Sc2n[nH]c(C)n2)c1[C@@H](C)O. The van der Waals surface area contributed by atoms with Gasteiger partial charge in [-0.3, -0.25) is 5.10 Å². The molecular formula is C12H15N3O2S. The Morgan fingerprint density at radius 1 is 1.44 bits per heavy atom. The number of methoxy groups -OCH3 is 1. The van der Waals surface area contributed by atoms with Gasteiger partial charge < -0.3 is 9.84 Å². The van der Waals surface area contributed by atoms with Crippen LogP contribution in [0.15, 0.2) is 28.3 Å². The number of nitrogens with one attached hydrogen (secondary N) is 1. The van der Waals surface area contributed by atoms with Crippen LogP contribution in [0, 0.1) is 6.92 Å². The first kappa shape index (κ1) is 12.9. The van der Waals surface area contributed by atoms with Gasteiger partial charge in [-0.2, -0.15) is 0 Å². The van der Waals surface area contributed by atoms with E-state index in [-0.39, 0.29) is 0 Å². The van der Waals surface area contributed by atoms with Crippen LogP contribution < -0.4 is 4.74 Å². The molecule has 0 fully saturated rings. The van der Waals surface area contributed by atoms with Gasteiger partial charge in [-0.05, 0) is 37.7 Å². The van der Waals surface area contributed by atoms with Gasteiger partial charge in [0, 0.05) is 10.5 Å². The summed E-state index contributed by atoms with van der Waals surface area (Å²) in [5.74, 6) is 1.43. The Bertz CT molecular complexity index is 540. The molecule has 5 nitrogen and oxygen atoms in total. The molecule has 0 aliphatic rings. The van der Waals surface area contributed by atoms with E-state index in [2.05, 4.69) is 15.2 Å². The average molecular weight is 265 g/mol. The Balaban J connectivity index is 2.37. The van der Waals surface area contributed by atoms with Crippen molar-refractivity contribution in [3.63, 3.8) is 0 Å². The van der Waals surface area contributed by atoms with Crippen molar-refractivity contribution in [2.45, 2.75) is 30.0 Å². The largest absolute Gasteiger partial charge is 0.496 e. The molecule has 0 saturated carbocycles. The van der Waals surface area contributed by atoms with Crippen LogP contribution in [0.2, 0.25) is 0 Å². The second kappa shape index (κ2) is 5.41. The average Bonchev–Trinajstić information content (AvgIpc) is 2.74. The third kappa shape index (κ3) is 2.65. The first-order chi connectivity index (χ1) is 8.61. The maximum Gasteiger partial charge on any atom is 0.213 e. The van der Waals surface area contributed by atoms with E-state index < -0.39 is 6.10 Å². The predicted molar refractivity (Wildman–Crippen MR) is 68.9 cm³/mol. The number of nitrogens with zero attached hydrogens (tertiary/aromatic N) is 2. The lowest BCUT2D eigenvalue weighted by atomic mass is 10.1. The lowest BCUT2D eigenvalue weighted by molar-refractivity contribution is 0.191. The van der Waals surface area contributed by atoms with Crippen LogP contribution in [0.25, 0.3) is 0 Å². The van der Waals surface area contributed by atoms with Crippen LogP contribution in [0.1, 0.15) is 24.4 Å². The molecule has 0 amide bonds. The van der Waals surface area contributed by atoms with Crippen LogP contribution in [0.5, 0.6) is 5.75 Å². The zero-order chi connectivity index (χ0) is 13.1. The van der Waals surface area contributed by atoms with Gasteiger partial charge in [0.1, 0.15) is 11.6 Å². The Labute approximate surface area is 110 Å². The lowest BCUT2D eigenvalue weighted by Gasteiger charge is -2.14. The summed E-state index contributed by atoms with van der Waals surface area (Å²) in [7, 11) is 1.59. The standard InChI is InChI=1S/C12H15N3O2S/c1-7(16)11-9(17-3)5-4-6-10(11)18-12-13-8(2)14-15-12/h4-7,16H,1-3H3,(H,13,14,15)/t7-/m1/s1. The first-order valence-electron chi connectivity index (χ1n) is 5.53. The van der Waals surface area contributed by atoms with Gasteiger partial charge in [-0.15, -0.1) is 5.10 Å². The van der Waals surface area contributed by atoms with Crippen molar-refractivity contribution in [2.75, 3.05) is 7.11 Å². The maximum atomic E-state index is 9.86. The highest BCUT2D eigenvalue weighted by atomic mass is 32.2. The highest BCUT2D eigenvalue weighted by Gasteiger charge is 2.16. The minimum absolute atomic E-state index is 0.608. The monoisotopic (exact) mass is 265 g/mol. The fraction of sp³-hybridized carbons (Fsp3) is 0.333. The van der Waals surface area contributed by atoms with Crippen LogP contribution in [-0.4, -0.2) is 27.4 Å². The number of ether oxygens (including phenoxy) is 1. The summed E-state index contributed by atoms with van der Waals surface area (Å²) in [6, 6.07) is 5.63. The predicted octanol–water partition coefficient (Wildman–Crippen LogP) is 2.33. The summed E-state index contributed by atoms with van der Waals surface area (Å²) >= 11 is 1.40. The Kier molecular flexibility index (Phi) is 3.88. The molecule has 2 N–H and O–H groups in total. The summed E-state index contributed by atoms with van der Waals surface area (Å²) in [5, 5.41) is 17.3. The number of rotatable bonds is 4. The number of aryl methyl sites for hydroxylation is 1. The number of aliphatic hydroxyl groups is 1. The molecule has 2 rings (SSSR count). The topological polar surface area (TPSA) is 71.0 Å². The minimum Gasteiger partial charge on any atom is -0.496 e. The Morgan fingerprint density at radius 3 is 2.78 bits per heavy atom. The summed E-state index contributed by atoms with van der Waals surface area (Å²) in [4.78, 5) is 5.13. The second-order valence-corrected chi connectivity index (χ2v) is 4.86. The molecule has 0 saturated heterocycles. The summed E-state index contributed by atoms with van der Waals surface area (Å²) in [6.07, 6.45) is -0.608. The number of benzene rings is 1. The molecule has 1 aromatic heterocycles. The molecule has 0 radical (unpaired) electrons. The van der Waals surface area contributed by atoms with E-state index in [0.717, 1.165) is 16.3 Å². The van der Waals surface area contributed by atoms with Gasteiger partial charge in [0.25, 0.3) is 0 Å². The van der Waals surface area contributed by atoms with Gasteiger partial charge in [0.05, 0.1) is 13.2 Å². The van der Waals surface area contributed by atoms with Gasteiger partial charge >= 0.3 is 0 Å². The molecule has 0 unspecified atom stereocenters. The molecule has 1 atom stereocenters. The van der Waals surface area contributed by atoms with Crippen molar-refractivity contribution >= 4 is 11.8 Å². The molecule has 18 heavy (non-hydrogen) atoms. The third-order valence-electron chi connectivity index (χ3n) is 2.44. The van der Waals surface area contributed by atoms with Crippen LogP contribution >= 0.6 is 11.8 Å². The molecule has 1 aromatic carbocycles. The van der Waals surface area contributed by atoms with Crippen molar-refractivity contribution in [1.82, 2.24) is 15.2 Å². The maximum absolute atomic E-state index is 9.86. The molecule has 1 heterocycles. The van der Waals surface area contributed by atoms with Gasteiger partial charge in [0.2, 0.25) is 5.16 Å². The van der Waals surface area contributed by atoms with Gasteiger partial charge in [0.15, 0.2) is 0 Å². The van der Waals surface area contributed by atoms with Crippen LogP contribution in [0.4, 0.5) is 0 Å². The fourth-order valence-electron chi connectivity index (χ4n) is 1.67. The number of hydrogen-bond donors (Lipinski definition) is 2. The van der Waals surface area contributed by atoms with Crippen molar-refractivity contribution in [3.8, 4) is 5.75 Å². The first-order valence-corrected chi connectivity index (χ1v) is 6.35. The molecule has 0 spiro atoms. The van der Waals surface area contributed by atoms with Crippen LogP contribution in [-0.2, 0) is 0 Å². The van der Waals surface area contributed by atoms with E-state index in [4.69, 9.17) is 4.74 Å². The highest BCUT2D eigenvalue weighted by Crippen LogP contribution is 2.36. The molecule has 6 heteroatoms. The number of H-pyrrole nitrogens is 1. The van der Waals surface area contributed by atoms with Gasteiger partial charge in [-0.1, -0.05) is 6.07 Å². The zero-order valence-electron chi connectivity index (χ0n) is 10.5. The Morgan fingerprint density at radius 2 is 2.22 bits per heavy atom. The lowest BCUT2D eigenvalue weighted by Crippen LogP contribution is -1.99. The van der Waals surface area contributed by atoms with Crippen molar-refractivity contribution < 1.29 is 9.84 Å². The summed E-state index contributed by atoms with van der Waals surface area (Å²) in [5.41, 5.74) is 0.757. The van der Waals surface area contributed by atoms with Gasteiger partial charge in [-0.25, -0.2) is 4.98 Å². The van der Waals surface area contributed by atoms with Crippen LogP contribution in [0.3, 0.4) is 0 Å². The summed E-state index contributed by atoms with van der Waals surface area (Å²) < 4.78 is 5.27. The molecule has 96 valence electrons. The number of aliphatic hydroxyl groups excluding tert-OH is 1. The minimum atomic E-state index is -0.608. The van der Waals surface area contributed by atoms with E-state index in [1.165, 1.54) is 11.8 Å². The fourth-order valence-corrected chi connectivity index (χ4v) is 2.67. The molecule has 0 aliphatic heterocycles. The second-order valence-electron chi connectivity index (χ2n) is 3.85. The molecule has 0 aliphatic carbocycles. The molecule has 0 bridgehead atoms. The number of aromatic amines is 1. The van der Waals surface area contributed by atoms with Crippen molar-refractivity contribution in [3.05, 3.63) is 29.6 Å². The zero-order valence-corrected chi connectivity index (χ0v) is 11.3. The van der Waals surface area contributed by atoms with E-state index in [0.29, 0.717) is 10.9 Å². The number of aromatic nitrogens is 3. The summed E-state index contributed by atoms with van der Waals surface area (Å²) in [6.45, 7) is 3.56. The quantitative estimate of drug-likeness (QED) is 0.887. The van der Waals surface area contributed by atoms with E-state index in [1.807, 2.05) is 25.1 Å². The normalized spacial score (nSPS) is 12.4. The van der Waals surface area contributed by atoms with Crippen molar-refractivity contribution in [2.24, 2.45) is 0 Å². The number of hydrogen-bond acceptors (Lipinski definition) is 5. The third-order valence-corrected chi connectivity index (χ3v) is 3.38. The highest BCUT2D eigenvalue weighted by molar-refractivity contribution is 7.99. The molecule has 2 aromatic rings. The molecular weight excluding hydrogens is 250 g/mol. The van der Waals surface area contributed by atoms with E-state index in [9.17, 15) is 5.11 Å². The van der Waals surface area contributed by atoms with E-state index in [1.54, 1.807) is 14.0 Å². The Hall–Kier alpha value is -1.53. The smallest absolute Gasteiger partial charge is 0.213 e. The van der Waals surface area contributed by atoms with E-state index >= 15 is 0 Å².